The molecular weight excluding hydrogens is 224 g/mol. The highest BCUT2D eigenvalue weighted by Crippen LogP contribution is 2.22. The van der Waals surface area contributed by atoms with E-state index in [9.17, 15) is 4.79 Å². The van der Waals surface area contributed by atoms with Crippen LogP contribution in [0.1, 0.15) is 11.1 Å². The molecule has 2 aromatic rings. The lowest BCUT2D eigenvalue weighted by Crippen LogP contribution is -2.25. The molecule has 3 heteroatoms. The van der Waals surface area contributed by atoms with Crippen molar-refractivity contribution in [2.45, 2.75) is 6.92 Å². The van der Waals surface area contributed by atoms with Gasteiger partial charge >= 0.3 is 0 Å². The normalized spacial score (nSPS) is 17.4. The Bertz CT molecular complexity index is 659. The number of aryl methyl sites for hydroxylation is 1. The Kier molecular flexibility index (Phi) is 2.61. The minimum Gasteiger partial charge on any atom is -0.287 e. The molecule has 1 aliphatic heterocycles. The molecule has 1 fully saturated rings. The van der Waals surface area contributed by atoms with Crippen LogP contribution in [-0.4, -0.2) is 12.5 Å². The van der Waals surface area contributed by atoms with E-state index >= 15 is 0 Å². The standard InChI is InChI=1S/C15H14N2O/c1-10-5-6-14-11(7-10)3-2-4-12(14)8-13-9-16-17-15(13)18/h2-8,16H,9H2,1H3,(H,17,18)/b13-8+. The van der Waals surface area contributed by atoms with Crippen LogP contribution in [0, 0.1) is 6.92 Å². The van der Waals surface area contributed by atoms with E-state index in [1.165, 1.54) is 16.3 Å². The van der Waals surface area contributed by atoms with Crippen molar-refractivity contribution >= 4 is 22.8 Å². The summed E-state index contributed by atoms with van der Waals surface area (Å²) in [5.41, 5.74) is 8.52. The Labute approximate surface area is 105 Å². The van der Waals surface area contributed by atoms with Crippen molar-refractivity contribution in [2.24, 2.45) is 0 Å². The number of hydrogen-bond donors (Lipinski definition) is 2. The summed E-state index contributed by atoms with van der Waals surface area (Å²) in [5, 5.41) is 2.38. The first-order valence-electron chi connectivity index (χ1n) is 5.97. The summed E-state index contributed by atoms with van der Waals surface area (Å²) in [7, 11) is 0. The number of amides is 1. The molecule has 0 saturated carbocycles. The van der Waals surface area contributed by atoms with E-state index in [1.54, 1.807) is 0 Å². The van der Waals surface area contributed by atoms with Gasteiger partial charge in [0, 0.05) is 12.1 Å². The highest BCUT2D eigenvalue weighted by molar-refractivity contribution is 6.02. The van der Waals surface area contributed by atoms with Gasteiger partial charge in [-0.2, -0.15) is 0 Å². The van der Waals surface area contributed by atoms with Crippen molar-refractivity contribution in [3.63, 3.8) is 0 Å². The lowest BCUT2D eigenvalue weighted by molar-refractivity contribution is -0.116. The molecule has 18 heavy (non-hydrogen) atoms. The fourth-order valence-corrected chi connectivity index (χ4v) is 2.24. The monoisotopic (exact) mass is 238 g/mol. The minimum atomic E-state index is -0.0425. The van der Waals surface area contributed by atoms with Crippen molar-refractivity contribution in [3.05, 3.63) is 53.1 Å². The predicted octanol–water partition coefficient (Wildman–Crippen LogP) is 2.17. The van der Waals surface area contributed by atoms with E-state index < -0.39 is 0 Å². The van der Waals surface area contributed by atoms with Crippen LogP contribution in [0.2, 0.25) is 0 Å². The summed E-state index contributed by atoms with van der Waals surface area (Å²) in [4.78, 5) is 11.5. The molecule has 90 valence electrons. The number of carbonyl (C=O) groups is 1. The van der Waals surface area contributed by atoms with Gasteiger partial charge in [-0.05, 0) is 29.3 Å². The molecule has 0 atom stereocenters. The molecule has 2 aromatic carbocycles. The van der Waals surface area contributed by atoms with Gasteiger partial charge in [-0.15, -0.1) is 0 Å². The van der Waals surface area contributed by atoms with E-state index in [0.29, 0.717) is 6.54 Å². The van der Waals surface area contributed by atoms with E-state index in [0.717, 1.165) is 11.1 Å². The average Bonchev–Trinajstić information content (AvgIpc) is 2.75. The topological polar surface area (TPSA) is 41.1 Å². The maximum absolute atomic E-state index is 11.5. The first kappa shape index (κ1) is 11.0. The molecule has 1 amide bonds. The second kappa shape index (κ2) is 4.27. The van der Waals surface area contributed by atoms with Crippen LogP contribution in [0.4, 0.5) is 0 Å². The highest BCUT2D eigenvalue weighted by Gasteiger charge is 2.15. The Morgan fingerprint density at radius 1 is 1.22 bits per heavy atom. The van der Waals surface area contributed by atoms with Gasteiger partial charge in [-0.3, -0.25) is 10.2 Å². The maximum atomic E-state index is 11.5. The van der Waals surface area contributed by atoms with Crippen LogP contribution in [0.5, 0.6) is 0 Å². The van der Waals surface area contributed by atoms with Crippen LogP contribution in [0.3, 0.4) is 0 Å². The molecule has 2 N–H and O–H groups in total. The highest BCUT2D eigenvalue weighted by atomic mass is 16.2. The molecule has 1 aliphatic rings. The van der Waals surface area contributed by atoms with Crippen LogP contribution in [-0.2, 0) is 4.79 Å². The van der Waals surface area contributed by atoms with Gasteiger partial charge in [0.2, 0.25) is 0 Å². The van der Waals surface area contributed by atoms with Gasteiger partial charge in [-0.1, -0.05) is 42.0 Å². The van der Waals surface area contributed by atoms with Crippen molar-refractivity contribution in [1.29, 1.82) is 0 Å². The second-order valence-corrected chi connectivity index (χ2v) is 4.55. The average molecular weight is 238 g/mol. The zero-order valence-electron chi connectivity index (χ0n) is 10.2. The third-order valence-electron chi connectivity index (χ3n) is 3.17. The summed E-state index contributed by atoms with van der Waals surface area (Å²) in [6.45, 7) is 2.65. The molecule has 1 saturated heterocycles. The quantitative estimate of drug-likeness (QED) is 0.747. The minimum absolute atomic E-state index is 0.0425. The zero-order valence-corrected chi connectivity index (χ0v) is 10.2. The van der Waals surface area contributed by atoms with Crippen LogP contribution in [0.15, 0.2) is 42.0 Å². The van der Waals surface area contributed by atoms with E-state index in [4.69, 9.17) is 0 Å². The van der Waals surface area contributed by atoms with Gasteiger partial charge < -0.3 is 0 Å². The van der Waals surface area contributed by atoms with Crippen molar-refractivity contribution in [3.8, 4) is 0 Å². The molecule has 0 bridgehead atoms. The first-order chi connectivity index (χ1) is 8.74. The number of carbonyl (C=O) groups excluding carboxylic acids is 1. The van der Waals surface area contributed by atoms with Crippen LogP contribution < -0.4 is 10.9 Å². The Morgan fingerprint density at radius 3 is 2.89 bits per heavy atom. The van der Waals surface area contributed by atoms with Crippen molar-refractivity contribution in [1.82, 2.24) is 10.9 Å². The molecule has 0 aromatic heterocycles. The Balaban J connectivity index is 2.15. The molecular formula is C15H14N2O. The lowest BCUT2D eigenvalue weighted by Gasteiger charge is -2.04. The Morgan fingerprint density at radius 2 is 2.11 bits per heavy atom. The van der Waals surface area contributed by atoms with Gasteiger partial charge in [0.05, 0.1) is 0 Å². The number of fused-ring (bicyclic) bond motifs is 1. The van der Waals surface area contributed by atoms with Gasteiger partial charge in [0.1, 0.15) is 0 Å². The van der Waals surface area contributed by atoms with Crippen LogP contribution in [0.25, 0.3) is 16.8 Å². The van der Waals surface area contributed by atoms with E-state index in [-0.39, 0.29) is 5.91 Å². The molecule has 1 heterocycles. The molecule has 0 spiro atoms. The summed E-state index contributed by atoms with van der Waals surface area (Å²) < 4.78 is 0. The zero-order chi connectivity index (χ0) is 12.5. The van der Waals surface area contributed by atoms with Gasteiger partial charge in [-0.25, -0.2) is 5.43 Å². The fraction of sp³-hybridized carbons (Fsp3) is 0.133. The van der Waals surface area contributed by atoms with E-state index in [2.05, 4.69) is 42.0 Å². The second-order valence-electron chi connectivity index (χ2n) is 4.55. The van der Waals surface area contributed by atoms with Crippen LogP contribution >= 0.6 is 0 Å². The van der Waals surface area contributed by atoms with Crippen molar-refractivity contribution < 1.29 is 4.79 Å². The lowest BCUT2D eigenvalue weighted by atomic mass is 10.0. The SMILES string of the molecule is Cc1ccc2c(/C=C3\CNNC3=O)cccc2c1. The molecule has 0 unspecified atom stereocenters. The number of benzene rings is 2. The first-order valence-corrected chi connectivity index (χ1v) is 5.97. The van der Waals surface area contributed by atoms with Gasteiger partial charge in [0.15, 0.2) is 0 Å². The smallest absolute Gasteiger partial charge is 0.262 e. The third-order valence-corrected chi connectivity index (χ3v) is 3.17. The molecule has 3 nitrogen and oxygen atoms in total. The summed E-state index contributed by atoms with van der Waals surface area (Å²) >= 11 is 0. The third kappa shape index (κ3) is 1.89. The predicted molar refractivity (Wildman–Crippen MR) is 72.8 cm³/mol. The number of hydrogen-bond acceptors (Lipinski definition) is 2. The number of nitrogens with one attached hydrogen (secondary N) is 2. The summed E-state index contributed by atoms with van der Waals surface area (Å²) in [5.74, 6) is -0.0425. The maximum Gasteiger partial charge on any atom is 0.262 e. The number of rotatable bonds is 1. The van der Waals surface area contributed by atoms with E-state index in [1.807, 2.05) is 18.2 Å². The fourth-order valence-electron chi connectivity index (χ4n) is 2.24. The molecule has 0 aliphatic carbocycles. The molecule has 3 rings (SSSR count). The number of hydrazine groups is 1. The Hall–Kier alpha value is -2.13. The summed E-state index contributed by atoms with van der Waals surface area (Å²) in [6, 6.07) is 12.5. The summed E-state index contributed by atoms with van der Waals surface area (Å²) in [6.07, 6.45) is 1.95. The van der Waals surface area contributed by atoms with Gasteiger partial charge in [0.25, 0.3) is 5.91 Å². The largest absolute Gasteiger partial charge is 0.287 e. The molecule has 0 radical (unpaired) electrons. The van der Waals surface area contributed by atoms with Crippen molar-refractivity contribution in [2.75, 3.05) is 6.54 Å².